The summed E-state index contributed by atoms with van der Waals surface area (Å²) in [7, 11) is 0. The van der Waals surface area contributed by atoms with E-state index in [4.69, 9.17) is 4.74 Å². The van der Waals surface area contributed by atoms with Crippen molar-refractivity contribution in [3.05, 3.63) is 46.9 Å². The van der Waals surface area contributed by atoms with Crippen LogP contribution >= 0.6 is 11.3 Å². The van der Waals surface area contributed by atoms with Crippen LogP contribution in [0.3, 0.4) is 0 Å². The summed E-state index contributed by atoms with van der Waals surface area (Å²) in [5.41, 5.74) is 2.55. The molecule has 1 amide bonds. The molecule has 1 aliphatic carbocycles. The number of imidazole rings is 1. The smallest absolute Gasteiger partial charge is 0.278 e. The third-order valence-electron chi connectivity index (χ3n) is 7.16. The minimum atomic E-state index is -2.85. The molecule has 0 aromatic carbocycles. The first kappa shape index (κ1) is 25.9. The number of aromatic nitrogens is 3. The molecule has 2 aliphatic rings. The topological polar surface area (TPSA) is 72.1 Å². The monoisotopic (exact) mass is 529 g/mol. The normalized spacial score (nSPS) is 20.9. The van der Waals surface area contributed by atoms with Gasteiger partial charge < -0.3 is 9.14 Å². The Balaban J connectivity index is 1.01. The van der Waals surface area contributed by atoms with Crippen LogP contribution in [-0.4, -0.2) is 57.0 Å². The van der Waals surface area contributed by atoms with Crippen LogP contribution in [0.25, 0.3) is 5.65 Å². The SMILES string of the molecule is CC(F)(F)COc1nc2c(s1)CCN(CCC1CCC(C=NC(=O)Cc3cn4ccccc4n3)CC1)C2. The highest BCUT2D eigenvalue weighted by Gasteiger charge is 2.26. The third kappa shape index (κ3) is 7.19. The van der Waals surface area contributed by atoms with Crippen molar-refractivity contribution >= 4 is 29.1 Å². The van der Waals surface area contributed by atoms with Gasteiger partial charge in [0.15, 0.2) is 6.61 Å². The molecule has 0 saturated heterocycles. The third-order valence-corrected chi connectivity index (χ3v) is 8.23. The lowest BCUT2D eigenvalue weighted by molar-refractivity contribution is -0.117. The Morgan fingerprint density at radius 3 is 2.89 bits per heavy atom. The van der Waals surface area contributed by atoms with E-state index in [-0.39, 0.29) is 12.3 Å². The first-order chi connectivity index (χ1) is 17.8. The molecule has 0 bridgehead atoms. The zero-order valence-corrected chi connectivity index (χ0v) is 21.9. The van der Waals surface area contributed by atoms with Gasteiger partial charge in [0.2, 0.25) is 0 Å². The van der Waals surface area contributed by atoms with Crippen molar-refractivity contribution in [1.82, 2.24) is 19.3 Å². The lowest BCUT2D eigenvalue weighted by Gasteiger charge is -2.30. The molecule has 1 aliphatic heterocycles. The predicted octanol–water partition coefficient (Wildman–Crippen LogP) is 5.22. The zero-order valence-electron chi connectivity index (χ0n) is 21.1. The molecule has 198 valence electrons. The second-order valence-corrected chi connectivity index (χ2v) is 11.4. The van der Waals surface area contributed by atoms with Gasteiger partial charge in [0.05, 0.1) is 17.8 Å². The van der Waals surface area contributed by atoms with Gasteiger partial charge in [-0.1, -0.05) is 17.4 Å². The number of pyridine rings is 1. The number of hydrogen-bond acceptors (Lipinski definition) is 6. The number of alkyl halides is 2. The van der Waals surface area contributed by atoms with E-state index in [1.807, 2.05) is 41.2 Å². The highest BCUT2D eigenvalue weighted by atomic mass is 32.1. The van der Waals surface area contributed by atoms with Crippen LogP contribution in [0.15, 0.2) is 35.6 Å². The van der Waals surface area contributed by atoms with Gasteiger partial charge in [0.25, 0.3) is 17.0 Å². The quantitative estimate of drug-likeness (QED) is 0.356. The second kappa shape index (κ2) is 11.3. The van der Waals surface area contributed by atoms with Gasteiger partial charge in [-0.2, -0.15) is 0 Å². The first-order valence-electron chi connectivity index (χ1n) is 13.0. The number of carbonyl (C=O) groups is 1. The van der Waals surface area contributed by atoms with Crippen LogP contribution in [0, 0.1) is 11.8 Å². The number of ether oxygens (including phenoxy) is 1. The molecule has 5 rings (SSSR count). The number of rotatable bonds is 9. The summed E-state index contributed by atoms with van der Waals surface area (Å²) in [4.78, 5) is 29.1. The number of carbonyl (C=O) groups excluding carboxylic acids is 1. The van der Waals surface area contributed by atoms with Crippen molar-refractivity contribution in [2.45, 2.75) is 64.3 Å². The van der Waals surface area contributed by atoms with E-state index < -0.39 is 12.5 Å². The number of aliphatic imine (C=N–C) groups is 1. The summed E-state index contributed by atoms with van der Waals surface area (Å²) in [5.74, 6) is -1.95. The number of thiazole rings is 1. The molecule has 3 aromatic rings. The largest absolute Gasteiger partial charge is 0.464 e. The van der Waals surface area contributed by atoms with Gasteiger partial charge >= 0.3 is 0 Å². The molecular weight excluding hydrogens is 496 g/mol. The van der Waals surface area contributed by atoms with Gasteiger partial charge in [-0.3, -0.25) is 9.69 Å². The fourth-order valence-corrected chi connectivity index (χ4v) is 6.03. The molecule has 0 atom stereocenters. The summed E-state index contributed by atoms with van der Waals surface area (Å²) in [6.45, 7) is 2.96. The summed E-state index contributed by atoms with van der Waals surface area (Å²) >= 11 is 1.40. The van der Waals surface area contributed by atoms with E-state index >= 15 is 0 Å². The minimum absolute atomic E-state index is 0.144. The number of fused-ring (bicyclic) bond motifs is 2. The Hall–Kier alpha value is -2.72. The molecule has 7 nitrogen and oxygen atoms in total. The van der Waals surface area contributed by atoms with Crippen LogP contribution in [0.5, 0.6) is 5.19 Å². The Bertz CT molecular complexity index is 1210. The number of hydrogen-bond donors (Lipinski definition) is 0. The van der Waals surface area contributed by atoms with Gasteiger partial charge in [-0.15, -0.1) is 0 Å². The van der Waals surface area contributed by atoms with Gasteiger partial charge in [-0.05, 0) is 69.0 Å². The fraction of sp³-hybridized carbons (Fsp3) is 0.556. The zero-order chi connectivity index (χ0) is 25.8. The molecular formula is C27H33F2N5O2S. The van der Waals surface area contributed by atoms with Gasteiger partial charge in [-0.25, -0.2) is 23.7 Å². The van der Waals surface area contributed by atoms with Crippen molar-refractivity contribution < 1.29 is 18.3 Å². The molecule has 1 fully saturated rings. The number of amides is 1. The van der Waals surface area contributed by atoms with E-state index in [1.54, 1.807) is 0 Å². The maximum absolute atomic E-state index is 13.1. The molecule has 0 radical (unpaired) electrons. The molecule has 4 heterocycles. The summed E-state index contributed by atoms with van der Waals surface area (Å²) < 4.78 is 33.2. The van der Waals surface area contributed by atoms with Crippen LogP contribution < -0.4 is 4.74 Å². The van der Waals surface area contributed by atoms with Crippen LogP contribution in [0.4, 0.5) is 8.78 Å². The predicted molar refractivity (Wildman–Crippen MR) is 140 cm³/mol. The standard InChI is InChI=1S/C27H33F2N5O2S/c1-27(28,29)18-36-26-32-22-17-33(13-10-23(22)37-26)12-9-19-5-7-20(8-6-19)15-30-25(35)14-21-16-34-11-3-2-4-24(34)31-21/h2-4,11,15-16,19-20H,5-10,12-14,17-18H2,1H3. The molecule has 0 N–H and O–H groups in total. The average Bonchev–Trinajstić information content (AvgIpc) is 3.48. The number of halogens is 2. The van der Waals surface area contributed by atoms with Crippen molar-refractivity contribution in [2.75, 3.05) is 19.7 Å². The molecule has 10 heteroatoms. The highest BCUT2D eigenvalue weighted by molar-refractivity contribution is 7.13. The Morgan fingerprint density at radius 1 is 1.27 bits per heavy atom. The van der Waals surface area contributed by atoms with E-state index in [2.05, 4.69) is 19.9 Å². The molecule has 0 spiro atoms. The van der Waals surface area contributed by atoms with Crippen molar-refractivity contribution in [1.29, 1.82) is 0 Å². The number of nitrogens with zero attached hydrogens (tertiary/aromatic N) is 5. The maximum atomic E-state index is 13.1. The van der Waals surface area contributed by atoms with Gasteiger partial charge in [0, 0.05) is 43.5 Å². The second-order valence-electron chi connectivity index (χ2n) is 10.4. The van der Waals surface area contributed by atoms with Gasteiger partial charge in [0.1, 0.15) is 5.65 Å². The van der Waals surface area contributed by atoms with E-state index in [0.717, 1.165) is 87.0 Å². The van der Waals surface area contributed by atoms with E-state index in [1.165, 1.54) is 11.3 Å². The Kier molecular flexibility index (Phi) is 7.95. The van der Waals surface area contributed by atoms with E-state index in [9.17, 15) is 13.6 Å². The van der Waals surface area contributed by atoms with Crippen LogP contribution in [-0.2, 0) is 24.2 Å². The van der Waals surface area contributed by atoms with Crippen molar-refractivity contribution in [2.24, 2.45) is 16.8 Å². The molecule has 37 heavy (non-hydrogen) atoms. The summed E-state index contributed by atoms with van der Waals surface area (Å²) in [5, 5.41) is 0.352. The molecule has 0 unspecified atom stereocenters. The average molecular weight is 530 g/mol. The lowest BCUT2D eigenvalue weighted by Crippen LogP contribution is -2.32. The summed E-state index contributed by atoms with van der Waals surface area (Å²) in [6.07, 6.45) is 12.3. The first-order valence-corrected chi connectivity index (χ1v) is 13.8. The van der Waals surface area contributed by atoms with Crippen LogP contribution in [0.2, 0.25) is 0 Å². The van der Waals surface area contributed by atoms with Crippen LogP contribution in [0.1, 0.15) is 55.3 Å². The lowest BCUT2D eigenvalue weighted by atomic mass is 9.81. The van der Waals surface area contributed by atoms with Crippen molar-refractivity contribution in [3.63, 3.8) is 0 Å². The maximum Gasteiger partial charge on any atom is 0.278 e. The molecule has 1 saturated carbocycles. The Labute approximate surface area is 219 Å². The molecule has 3 aromatic heterocycles. The Morgan fingerprint density at radius 2 is 2.11 bits per heavy atom. The summed E-state index contributed by atoms with van der Waals surface area (Å²) in [6, 6.07) is 5.78. The van der Waals surface area contributed by atoms with E-state index in [0.29, 0.717) is 17.0 Å². The van der Waals surface area contributed by atoms with Crippen molar-refractivity contribution in [3.8, 4) is 5.19 Å². The highest BCUT2D eigenvalue weighted by Crippen LogP contribution is 2.33. The minimum Gasteiger partial charge on any atom is -0.464 e. The fourth-order valence-electron chi connectivity index (χ4n) is 5.12.